The van der Waals surface area contributed by atoms with Gasteiger partial charge in [0.1, 0.15) is 4.90 Å². The molecular weight excluding hydrogens is 296 g/mol. The fourth-order valence-corrected chi connectivity index (χ4v) is 4.80. The topological polar surface area (TPSA) is 63.4 Å². The van der Waals surface area contributed by atoms with Crippen molar-refractivity contribution >= 4 is 21.6 Å². The summed E-state index contributed by atoms with van der Waals surface area (Å²) in [5.41, 5.74) is 6.53. The molecule has 2 rings (SSSR count). The zero-order valence-corrected chi connectivity index (χ0v) is 13.3. The summed E-state index contributed by atoms with van der Waals surface area (Å²) < 4.78 is 26.9. The van der Waals surface area contributed by atoms with Crippen LogP contribution in [0.4, 0.5) is 0 Å². The minimum Gasteiger partial charge on any atom is -0.330 e. The molecule has 0 saturated carbocycles. The molecule has 2 N–H and O–H groups in total. The number of hydrogen-bond acceptors (Lipinski definition) is 3. The normalized spacial score (nSPS) is 21.1. The molecule has 1 aromatic rings. The molecule has 0 bridgehead atoms. The summed E-state index contributed by atoms with van der Waals surface area (Å²) in [6.07, 6.45) is 2.80. The number of piperidine rings is 1. The molecule has 20 heavy (non-hydrogen) atoms. The van der Waals surface area contributed by atoms with Crippen molar-refractivity contribution in [2.45, 2.75) is 31.1 Å². The third-order valence-corrected chi connectivity index (χ3v) is 6.11. The van der Waals surface area contributed by atoms with Gasteiger partial charge in [-0.2, -0.15) is 4.31 Å². The van der Waals surface area contributed by atoms with Crippen molar-refractivity contribution in [3.05, 3.63) is 28.8 Å². The van der Waals surface area contributed by atoms with Crippen molar-refractivity contribution in [1.82, 2.24) is 4.31 Å². The molecule has 1 aromatic carbocycles. The number of rotatable bonds is 4. The third-order valence-electron chi connectivity index (χ3n) is 3.76. The van der Waals surface area contributed by atoms with Crippen LogP contribution < -0.4 is 5.73 Å². The van der Waals surface area contributed by atoms with E-state index in [1.807, 2.05) is 6.92 Å². The second kappa shape index (κ2) is 6.43. The Morgan fingerprint density at radius 3 is 2.85 bits per heavy atom. The number of sulfonamides is 1. The monoisotopic (exact) mass is 316 g/mol. The summed E-state index contributed by atoms with van der Waals surface area (Å²) in [5, 5.41) is 0.297. The number of benzene rings is 1. The minimum atomic E-state index is -3.50. The van der Waals surface area contributed by atoms with Gasteiger partial charge in [0.2, 0.25) is 10.0 Å². The van der Waals surface area contributed by atoms with Gasteiger partial charge in [0.25, 0.3) is 0 Å². The highest BCUT2D eigenvalue weighted by Gasteiger charge is 2.31. The lowest BCUT2D eigenvalue weighted by Crippen LogP contribution is -2.40. The number of nitrogens with two attached hydrogens (primary N) is 1. The Morgan fingerprint density at radius 1 is 1.45 bits per heavy atom. The average molecular weight is 317 g/mol. The molecule has 1 atom stereocenters. The van der Waals surface area contributed by atoms with Crippen LogP contribution in [0.2, 0.25) is 5.02 Å². The molecule has 0 aliphatic carbocycles. The van der Waals surface area contributed by atoms with Crippen molar-refractivity contribution in [3.63, 3.8) is 0 Å². The van der Waals surface area contributed by atoms with E-state index in [-0.39, 0.29) is 4.90 Å². The fraction of sp³-hybridized carbons (Fsp3) is 0.571. The van der Waals surface area contributed by atoms with Gasteiger partial charge >= 0.3 is 0 Å². The summed E-state index contributed by atoms with van der Waals surface area (Å²) in [6.45, 7) is 3.60. The predicted molar refractivity (Wildman–Crippen MR) is 81.3 cm³/mol. The summed E-state index contributed by atoms with van der Waals surface area (Å²) in [4.78, 5) is 0.207. The Balaban J connectivity index is 2.25. The van der Waals surface area contributed by atoms with Gasteiger partial charge in [-0.25, -0.2) is 8.42 Å². The standard InChI is InChI=1S/C14H21ClN2O2S/c1-11-4-5-14(13(15)9-11)20(18,19)17-8-2-3-12(10-17)6-7-16/h4-5,9,12H,2-3,6-8,10,16H2,1H3. The van der Waals surface area contributed by atoms with Crippen molar-refractivity contribution in [1.29, 1.82) is 0 Å². The van der Waals surface area contributed by atoms with E-state index in [9.17, 15) is 8.42 Å². The molecule has 0 radical (unpaired) electrons. The van der Waals surface area contributed by atoms with Gasteiger partial charge in [-0.05, 0) is 56.3 Å². The van der Waals surface area contributed by atoms with E-state index in [1.165, 1.54) is 0 Å². The molecule has 112 valence electrons. The van der Waals surface area contributed by atoms with Gasteiger partial charge in [0.15, 0.2) is 0 Å². The maximum Gasteiger partial charge on any atom is 0.244 e. The summed E-state index contributed by atoms with van der Waals surface area (Å²) in [5.74, 6) is 0.354. The Kier molecular flexibility index (Phi) is 5.07. The van der Waals surface area contributed by atoms with Crippen molar-refractivity contribution in [2.24, 2.45) is 11.7 Å². The Bertz CT molecular complexity index is 573. The molecule has 1 fully saturated rings. The van der Waals surface area contributed by atoms with Gasteiger partial charge in [0, 0.05) is 13.1 Å². The zero-order chi connectivity index (χ0) is 14.8. The lowest BCUT2D eigenvalue weighted by molar-refractivity contribution is 0.258. The van der Waals surface area contributed by atoms with Crippen molar-refractivity contribution in [3.8, 4) is 0 Å². The highest BCUT2D eigenvalue weighted by atomic mass is 35.5. The molecular formula is C14H21ClN2O2S. The quantitative estimate of drug-likeness (QED) is 0.927. The maximum atomic E-state index is 12.7. The van der Waals surface area contributed by atoms with E-state index in [0.29, 0.717) is 30.6 Å². The molecule has 1 heterocycles. The van der Waals surface area contributed by atoms with E-state index < -0.39 is 10.0 Å². The summed E-state index contributed by atoms with van der Waals surface area (Å²) in [7, 11) is -3.50. The first-order valence-electron chi connectivity index (χ1n) is 6.91. The highest BCUT2D eigenvalue weighted by Crippen LogP contribution is 2.29. The number of hydrogen-bond donors (Lipinski definition) is 1. The first kappa shape index (κ1) is 15.8. The Hall–Kier alpha value is -0.620. The van der Waals surface area contributed by atoms with E-state index in [1.54, 1.807) is 22.5 Å². The van der Waals surface area contributed by atoms with Crippen LogP contribution >= 0.6 is 11.6 Å². The highest BCUT2D eigenvalue weighted by molar-refractivity contribution is 7.89. The molecule has 0 amide bonds. The molecule has 0 spiro atoms. The smallest absolute Gasteiger partial charge is 0.244 e. The van der Waals surface area contributed by atoms with Crippen LogP contribution in [0.25, 0.3) is 0 Å². The van der Waals surface area contributed by atoms with Gasteiger partial charge in [-0.1, -0.05) is 17.7 Å². The van der Waals surface area contributed by atoms with Crippen LogP contribution in [0.3, 0.4) is 0 Å². The first-order chi connectivity index (χ1) is 9.45. The van der Waals surface area contributed by atoms with Crippen LogP contribution in [-0.4, -0.2) is 32.4 Å². The lowest BCUT2D eigenvalue weighted by Gasteiger charge is -2.32. The Labute approximate surface area is 126 Å². The lowest BCUT2D eigenvalue weighted by atomic mass is 9.96. The largest absolute Gasteiger partial charge is 0.330 e. The van der Waals surface area contributed by atoms with E-state index >= 15 is 0 Å². The van der Waals surface area contributed by atoms with E-state index in [0.717, 1.165) is 24.8 Å². The van der Waals surface area contributed by atoms with Crippen molar-refractivity contribution in [2.75, 3.05) is 19.6 Å². The van der Waals surface area contributed by atoms with Crippen LogP contribution in [0.1, 0.15) is 24.8 Å². The van der Waals surface area contributed by atoms with E-state index in [4.69, 9.17) is 17.3 Å². The number of nitrogens with zero attached hydrogens (tertiary/aromatic N) is 1. The molecule has 0 aromatic heterocycles. The summed E-state index contributed by atoms with van der Waals surface area (Å²) >= 11 is 6.10. The second-order valence-corrected chi connectivity index (χ2v) is 7.70. The Morgan fingerprint density at radius 2 is 2.20 bits per heavy atom. The van der Waals surface area contributed by atoms with Crippen LogP contribution in [0.15, 0.2) is 23.1 Å². The maximum absolute atomic E-state index is 12.7. The van der Waals surface area contributed by atoms with Gasteiger partial charge < -0.3 is 5.73 Å². The first-order valence-corrected chi connectivity index (χ1v) is 8.73. The van der Waals surface area contributed by atoms with E-state index in [2.05, 4.69) is 0 Å². The van der Waals surface area contributed by atoms with Crippen LogP contribution in [0, 0.1) is 12.8 Å². The SMILES string of the molecule is Cc1ccc(S(=O)(=O)N2CCCC(CCN)C2)c(Cl)c1. The van der Waals surface area contributed by atoms with Crippen LogP contribution in [0.5, 0.6) is 0 Å². The molecule has 4 nitrogen and oxygen atoms in total. The number of halogens is 1. The third kappa shape index (κ3) is 3.34. The predicted octanol–water partition coefficient (Wildman–Crippen LogP) is 2.40. The minimum absolute atomic E-state index is 0.207. The molecule has 1 saturated heterocycles. The molecule has 1 unspecified atom stereocenters. The van der Waals surface area contributed by atoms with Gasteiger partial charge in [-0.15, -0.1) is 0 Å². The van der Waals surface area contributed by atoms with Crippen molar-refractivity contribution < 1.29 is 8.42 Å². The molecule has 1 aliphatic rings. The fourth-order valence-electron chi connectivity index (χ4n) is 2.67. The zero-order valence-electron chi connectivity index (χ0n) is 11.7. The second-order valence-electron chi connectivity index (χ2n) is 5.38. The van der Waals surface area contributed by atoms with Gasteiger partial charge in [-0.3, -0.25) is 0 Å². The van der Waals surface area contributed by atoms with Gasteiger partial charge in [0.05, 0.1) is 5.02 Å². The average Bonchev–Trinajstić information content (AvgIpc) is 2.39. The molecule has 6 heteroatoms. The molecule has 1 aliphatic heterocycles. The number of aryl methyl sites for hydroxylation is 1. The van der Waals surface area contributed by atoms with Crippen LogP contribution in [-0.2, 0) is 10.0 Å². The summed E-state index contributed by atoms with van der Waals surface area (Å²) in [6, 6.07) is 5.06.